The van der Waals surface area contributed by atoms with Gasteiger partial charge in [-0.25, -0.2) is 4.39 Å². The van der Waals surface area contributed by atoms with Gasteiger partial charge in [-0.15, -0.1) is 11.8 Å². The van der Waals surface area contributed by atoms with Crippen LogP contribution in [0.3, 0.4) is 0 Å². The highest BCUT2D eigenvalue weighted by atomic mass is 32.2. The van der Waals surface area contributed by atoms with Gasteiger partial charge in [0.15, 0.2) is 4.87 Å². The number of thioether (sulfide) groups is 1. The number of methoxy groups -OCH3 is 1. The van der Waals surface area contributed by atoms with Crippen molar-refractivity contribution in [3.05, 3.63) is 65.5 Å². The Balaban J connectivity index is 1.77. The molecule has 0 saturated carbocycles. The number of ether oxygens (including phenoxy) is 1. The van der Waals surface area contributed by atoms with E-state index >= 15 is 0 Å². The molecule has 1 fully saturated rings. The highest BCUT2D eigenvalue weighted by Crippen LogP contribution is 2.54. The van der Waals surface area contributed by atoms with Gasteiger partial charge in [-0.2, -0.15) is 0 Å². The molecule has 0 aliphatic carbocycles. The van der Waals surface area contributed by atoms with Crippen LogP contribution in [0.4, 0.5) is 10.1 Å². The average molecular weight is 386 g/mol. The highest BCUT2D eigenvalue weighted by Gasteiger charge is 2.59. The topological polar surface area (TPSA) is 49.9 Å². The molecule has 140 valence electrons. The van der Waals surface area contributed by atoms with Crippen LogP contribution in [0.5, 0.6) is 0 Å². The van der Waals surface area contributed by atoms with E-state index in [-0.39, 0.29) is 30.8 Å². The molecule has 1 spiro atoms. The van der Waals surface area contributed by atoms with Crippen molar-refractivity contribution in [1.82, 2.24) is 4.90 Å². The van der Waals surface area contributed by atoms with Crippen molar-refractivity contribution >= 4 is 29.3 Å². The summed E-state index contributed by atoms with van der Waals surface area (Å²) < 4.78 is 18.6. The predicted molar refractivity (Wildman–Crippen MR) is 102 cm³/mol. The van der Waals surface area contributed by atoms with E-state index in [1.165, 1.54) is 31.0 Å². The number of hydrogen-bond acceptors (Lipinski definition) is 4. The van der Waals surface area contributed by atoms with Crippen LogP contribution in [0, 0.1) is 5.82 Å². The van der Waals surface area contributed by atoms with Crippen molar-refractivity contribution in [1.29, 1.82) is 0 Å². The number of para-hydroxylation sites is 1. The summed E-state index contributed by atoms with van der Waals surface area (Å²) in [5, 5.41) is 0. The summed E-state index contributed by atoms with van der Waals surface area (Å²) in [7, 11) is 1.47. The van der Waals surface area contributed by atoms with E-state index in [0.29, 0.717) is 17.9 Å². The lowest BCUT2D eigenvalue weighted by atomic mass is 10.1. The first-order valence-electron chi connectivity index (χ1n) is 8.67. The molecule has 27 heavy (non-hydrogen) atoms. The Morgan fingerprint density at radius 1 is 1.26 bits per heavy atom. The number of halogens is 1. The van der Waals surface area contributed by atoms with E-state index in [9.17, 15) is 14.0 Å². The minimum absolute atomic E-state index is 0.0678. The van der Waals surface area contributed by atoms with Crippen molar-refractivity contribution in [3.63, 3.8) is 0 Å². The molecular weight excluding hydrogens is 367 g/mol. The SMILES string of the molecule is COCC(=O)N1CCS[C@]12C(=O)N(Cc1cccc(F)c1)c1ccccc12. The zero-order valence-electron chi connectivity index (χ0n) is 14.9. The van der Waals surface area contributed by atoms with Gasteiger partial charge in [0.25, 0.3) is 5.91 Å². The third-order valence-electron chi connectivity index (χ3n) is 4.90. The normalized spacial score (nSPS) is 21.2. The van der Waals surface area contributed by atoms with Crippen LogP contribution < -0.4 is 4.90 Å². The third-order valence-corrected chi connectivity index (χ3v) is 6.32. The van der Waals surface area contributed by atoms with Crippen LogP contribution in [-0.2, 0) is 25.7 Å². The third kappa shape index (κ3) is 2.82. The molecular formula is C20H19FN2O3S. The number of hydrogen-bond donors (Lipinski definition) is 0. The van der Waals surface area contributed by atoms with Gasteiger partial charge in [-0.3, -0.25) is 9.59 Å². The summed E-state index contributed by atoms with van der Waals surface area (Å²) in [4.78, 5) is 28.4. The molecule has 0 radical (unpaired) electrons. The van der Waals surface area contributed by atoms with Crippen molar-refractivity contribution in [2.45, 2.75) is 11.4 Å². The van der Waals surface area contributed by atoms with Gasteiger partial charge in [0.2, 0.25) is 5.91 Å². The summed E-state index contributed by atoms with van der Waals surface area (Å²) in [5.41, 5.74) is 2.27. The van der Waals surface area contributed by atoms with Crippen LogP contribution in [-0.4, -0.2) is 42.7 Å². The van der Waals surface area contributed by atoms with Gasteiger partial charge < -0.3 is 14.5 Å². The molecule has 0 aromatic heterocycles. The van der Waals surface area contributed by atoms with Crippen LogP contribution in [0.25, 0.3) is 0 Å². The summed E-state index contributed by atoms with van der Waals surface area (Å²) in [6, 6.07) is 13.7. The zero-order chi connectivity index (χ0) is 19.0. The standard InChI is InChI=1S/C20H19FN2O3S/c1-26-13-18(24)23-9-10-27-20(23)16-7-2-3-8-17(16)22(19(20)25)12-14-5-4-6-15(21)11-14/h2-8,11H,9-10,12-13H2,1H3/t20-/m1/s1. The highest BCUT2D eigenvalue weighted by molar-refractivity contribution is 8.01. The number of anilines is 1. The molecule has 0 N–H and O–H groups in total. The fraction of sp³-hybridized carbons (Fsp3) is 0.300. The lowest BCUT2D eigenvalue weighted by molar-refractivity contribution is -0.143. The Bertz CT molecular complexity index is 906. The van der Waals surface area contributed by atoms with Crippen LogP contribution in [0.15, 0.2) is 48.5 Å². The molecule has 2 aliphatic rings. The molecule has 5 nitrogen and oxygen atoms in total. The molecule has 0 unspecified atom stereocenters. The van der Waals surface area contributed by atoms with E-state index in [4.69, 9.17) is 4.74 Å². The molecule has 2 amide bonds. The Hall–Kier alpha value is -2.38. The molecule has 2 aromatic carbocycles. The van der Waals surface area contributed by atoms with Gasteiger partial charge in [-0.1, -0.05) is 30.3 Å². The summed E-state index contributed by atoms with van der Waals surface area (Å²) in [6.07, 6.45) is 0. The number of fused-ring (bicyclic) bond motifs is 2. The monoisotopic (exact) mass is 386 g/mol. The summed E-state index contributed by atoms with van der Waals surface area (Å²) in [6.45, 7) is 0.671. The van der Waals surface area contributed by atoms with Crippen LogP contribution in [0.1, 0.15) is 11.1 Å². The second kappa shape index (κ2) is 6.98. The van der Waals surface area contributed by atoms with Gasteiger partial charge >= 0.3 is 0 Å². The number of rotatable bonds is 4. The first-order chi connectivity index (χ1) is 13.1. The maximum Gasteiger partial charge on any atom is 0.268 e. The lowest BCUT2D eigenvalue weighted by Crippen LogP contribution is -2.51. The smallest absolute Gasteiger partial charge is 0.268 e. The fourth-order valence-electron chi connectivity index (χ4n) is 3.80. The fourth-order valence-corrected chi connectivity index (χ4v) is 5.28. The van der Waals surface area contributed by atoms with Crippen molar-refractivity contribution < 1.29 is 18.7 Å². The Kier molecular flexibility index (Phi) is 4.65. The number of carbonyl (C=O) groups is 2. The second-order valence-corrected chi connectivity index (χ2v) is 7.80. The van der Waals surface area contributed by atoms with Crippen LogP contribution in [0.2, 0.25) is 0 Å². The summed E-state index contributed by atoms with van der Waals surface area (Å²) in [5.74, 6) is -0.0453. The number of benzene rings is 2. The lowest BCUT2D eigenvalue weighted by Gasteiger charge is -2.33. The summed E-state index contributed by atoms with van der Waals surface area (Å²) >= 11 is 1.47. The molecule has 1 atom stereocenters. The quantitative estimate of drug-likeness (QED) is 0.811. The minimum Gasteiger partial charge on any atom is -0.375 e. The first kappa shape index (κ1) is 18.0. The van der Waals surface area contributed by atoms with Crippen molar-refractivity contribution in [3.8, 4) is 0 Å². The molecule has 7 heteroatoms. The Morgan fingerprint density at radius 2 is 2.07 bits per heavy atom. The van der Waals surface area contributed by atoms with E-state index in [2.05, 4.69) is 0 Å². The van der Waals surface area contributed by atoms with Gasteiger partial charge in [0, 0.05) is 25.0 Å². The average Bonchev–Trinajstić information content (AvgIpc) is 3.20. The van der Waals surface area contributed by atoms with Crippen molar-refractivity contribution in [2.24, 2.45) is 0 Å². The number of carbonyl (C=O) groups excluding carboxylic acids is 2. The largest absolute Gasteiger partial charge is 0.375 e. The van der Waals surface area contributed by atoms with E-state index in [1.54, 1.807) is 21.9 Å². The first-order valence-corrected chi connectivity index (χ1v) is 9.66. The number of nitrogens with zero attached hydrogens (tertiary/aromatic N) is 2. The van der Waals surface area contributed by atoms with E-state index < -0.39 is 4.87 Å². The van der Waals surface area contributed by atoms with E-state index in [1.807, 2.05) is 24.3 Å². The van der Waals surface area contributed by atoms with Crippen molar-refractivity contribution in [2.75, 3.05) is 30.9 Å². The Labute approximate surface area is 161 Å². The molecule has 2 aromatic rings. The zero-order valence-corrected chi connectivity index (χ0v) is 15.7. The molecule has 2 heterocycles. The predicted octanol–water partition coefficient (Wildman–Crippen LogP) is 2.75. The second-order valence-electron chi connectivity index (χ2n) is 6.51. The van der Waals surface area contributed by atoms with E-state index in [0.717, 1.165) is 11.3 Å². The molecule has 2 aliphatic heterocycles. The van der Waals surface area contributed by atoms with Crippen LogP contribution >= 0.6 is 11.8 Å². The van der Waals surface area contributed by atoms with Gasteiger partial charge in [0.1, 0.15) is 12.4 Å². The Morgan fingerprint density at radius 3 is 2.85 bits per heavy atom. The molecule has 1 saturated heterocycles. The maximum atomic E-state index is 13.6. The number of amides is 2. The maximum absolute atomic E-state index is 13.6. The van der Waals surface area contributed by atoms with Gasteiger partial charge in [0.05, 0.1) is 12.2 Å². The minimum atomic E-state index is -1.07. The van der Waals surface area contributed by atoms with Gasteiger partial charge in [-0.05, 0) is 23.8 Å². The molecule has 0 bridgehead atoms. The molecule has 4 rings (SSSR count).